The molecule has 0 bridgehead atoms. The number of benzene rings is 2. The fourth-order valence-electron chi connectivity index (χ4n) is 1.53. The molecule has 0 saturated carbocycles. The Balaban J connectivity index is 1.94. The van der Waals surface area contributed by atoms with E-state index in [0.717, 1.165) is 11.3 Å². The fraction of sp³-hybridized carbons (Fsp3) is 0.133. The second-order valence-corrected chi connectivity index (χ2v) is 4.80. The summed E-state index contributed by atoms with van der Waals surface area (Å²) < 4.78 is 0. The molecule has 0 spiro atoms. The van der Waals surface area contributed by atoms with Gasteiger partial charge >= 0.3 is 0 Å². The minimum absolute atomic E-state index is 0.492. The lowest BCUT2D eigenvalue weighted by atomic mass is 10.1. The average Bonchev–Trinajstić information content (AvgIpc) is 2.40. The average molecular weight is 239 g/mol. The van der Waals surface area contributed by atoms with Gasteiger partial charge in [0.2, 0.25) is 0 Å². The lowest BCUT2D eigenvalue weighted by Crippen LogP contribution is -1.84. The molecule has 17 heavy (non-hydrogen) atoms. The monoisotopic (exact) mass is 239 g/mol. The summed E-state index contributed by atoms with van der Waals surface area (Å²) in [6.45, 7) is 0. The van der Waals surface area contributed by atoms with Gasteiger partial charge in [0.25, 0.3) is 0 Å². The van der Waals surface area contributed by atoms with Gasteiger partial charge in [-0.25, -0.2) is 0 Å². The Labute approximate surface area is 106 Å². The molecule has 0 radical (unpaired) electrons. The summed E-state index contributed by atoms with van der Waals surface area (Å²) in [5.74, 6) is 0.969. The van der Waals surface area contributed by atoms with Gasteiger partial charge in [0.15, 0.2) is 0 Å². The lowest BCUT2D eigenvalue weighted by molar-refractivity contribution is 1.25. The van der Waals surface area contributed by atoms with Gasteiger partial charge in [0.05, 0.1) is 12.5 Å². The van der Waals surface area contributed by atoms with E-state index in [4.69, 9.17) is 5.26 Å². The van der Waals surface area contributed by atoms with E-state index < -0.39 is 0 Å². The maximum absolute atomic E-state index is 8.59. The molecule has 0 aliphatic rings. The summed E-state index contributed by atoms with van der Waals surface area (Å²) in [5, 5.41) is 8.59. The van der Waals surface area contributed by atoms with Crippen LogP contribution < -0.4 is 0 Å². The van der Waals surface area contributed by atoms with Crippen LogP contribution in [0.4, 0.5) is 0 Å². The maximum Gasteiger partial charge on any atom is 0.0669 e. The van der Waals surface area contributed by atoms with Crippen molar-refractivity contribution in [1.82, 2.24) is 0 Å². The van der Waals surface area contributed by atoms with Gasteiger partial charge in [-0.2, -0.15) is 5.26 Å². The van der Waals surface area contributed by atoms with Crippen LogP contribution in [0.3, 0.4) is 0 Å². The van der Waals surface area contributed by atoms with Crippen LogP contribution in [0.25, 0.3) is 0 Å². The van der Waals surface area contributed by atoms with Crippen molar-refractivity contribution in [2.24, 2.45) is 0 Å². The van der Waals surface area contributed by atoms with Crippen molar-refractivity contribution in [3.05, 3.63) is 65.7 Å². The van der Waals surface area contributed by atoms with Gasteiger partial charge in [-0.1, -0.05) is 42.5 Å². The van der Waals surface area contributed by atoms with Crippen molar-refractivity contribution in [2.45, 2.75) is 17.1 Å². The molecule has 1 nitrogen and oxygen atoms in total. The van der Waals surface area contributed by atoms with Crippen molar-refractivity contribution in [1.29, 1.82) is 5.26 Å². The van der Waals surface area contributed by atoms with E-state index >= 15 is 0 Å². The maximum atomic E-state index is 8.59. The first kappa shape index (κ1) is 11.8. The molecule has 0 aliphatic carbocycles. The number of nitriles is 1. The highest BCUT2D eigenvalue weighted by Crippen LogP contribution is 2.22. The molecule has 0 fully saturated rings. The normalized spacial score (nSPS) is 9.82. The third-order valence-corrected chi connectivity index (χ3v) is 3.54. The van der Waals surface area contributed by atoms with Crippen molar-refractivity contribution in [2.75, 3.05) is 0 Å². The first-order valence-corrected chi connectivity index (χ1v) is 6.49. The fourth-order valence-corrected chi connectivity index (χ4v) is 2.40. The zero-order chi connectivity index (χ0) is 11.9. The van der Waals surface area contributed by atoms with Crippen LogP contribution in [-0.2, 0) is 12.2 Å². The van der Waals surface area contributed by atoms with E-state index in [1.165, 1.54) is 10.5 Å². The molecule has 0 heterocycles. The van der Waals surface area contributed by atoms with Crippen LogP contribution in [0.5, 0.6) is 0 Å². The van der Waals surface area contributed by atoms with Gasteiger partial charge in [-0.3, -0.25) is 0 Å². The number of hydrogen-bond donors (Lipinski definition) is 0. The van der Waals surface area contributed by atoms with E-state index in [2.05, 4.69) is 42.5 Å². The van der Waals surface area contributed by atoms with Crippen LogP contribution in [-0.4, -0.2) is 0 Å². The summed E-state index contributed by atoms with van der Waals surface area (Å²) in [6.07, 6.45) is 0.492. The van der Waals surface area contributed by atoms with Gasteiger partial charge in [-0.15, -0.1) is 11.8 Å². The molecule has 0 amide bonds. The molecule has 2 heteroatoms. The topological polar surface area (TPSA) is 23.8 Å². The molecular weight excluding hydrogens is 226 g/mol. The highest BCUT2D eigenvalue weighted by Gasteiger charge is 1.96. The molecular formula is C15H13NS. The largest absolute Gasteiger partial charge is 0.198 e. The third-order valence-electron chi connectivity index (χ3n) is 2.45. The van der Waals surface area contributed by atoms with E-state index in [-0.39, 0.29) is 0 Å². The molecule has 2 rings (SSSR count). The number of rotatable bonds is 4. The van der Waals surface area contributed by atoms with Crippen LogP contribution in [0.15, 0.2) is 59.5 Å². The van der Waals surface area contributed by atoms with E-state index in [9.17, 15) is 0 Å². The minimum atomic E-state index is 0.492. The minimum Gasteiger partial charge on any atom is -0.198 e. The molecule has 2 aromatic rings. The Morgan fingerprint density at radius 1 is 0.882 bits per heavy atom. The second kappa shape index (κ2) is 6.12. The summed E-state index contributed by atoms with van der Waals surface area (Å²) in [5.41, 5.74) is 2.38. The molecule has 0 aromatic heterocycles. The molecule has 0 aliphatic heterocycles. The Morgan fingerprint density at radius 3 is 2.18 bits per heavy atom. The Bertz CT molecular complexity index is 497. The van der Waals surface area contributed by atoms with Crippen LogP contribution in [0, 0.1) is 11.3 Å². The second-order valence-electron chi connectivity index (χ2n) is 3.75. The number of nitrogens with zero attached hydrogens (tertiary/aromatic N) is 1. The van der Waals surface area contributed by atoms with Crippen LogP contribution in [0.2, 0.25) is 0 Å². The highest BCUT2D eigenvalue weighted by molar-refractivity contribution is 7.98. The van der Waals surface area contributed by atoms with E-state index in [0.29, 0.717) is 6.42 Å². The Kier molecular flexibility index (Phi) is 4.23. The standard InChI is InChI=1S/C15H13NS/c16-11-10-13-6-8-14(9-7-13)12-17-15-4-2-1-3-5-15/h1-9H,10,12H2. The first-order valence-electron chi connectivity index (χ1n) is 5.51. The summed E-state index contributed by atoms with van der Waals surface area (Å²) in [4.78, 5) is 1.29. The molecule has 0 atom stereocenters. The zero-order valence-corrected chi connectivity index (χ0v) is 10.3. The van der Waals surface area contributed by atoms with Gasteiger partial charge in [-0.05, 0) is 23.3 Å². The van der Waals surface area contributed by atoms with Gasteiger partial charge < -0.3 is 0 Å². The summed E-state index contributed by atoms with van der Waals surface area (Å²) in [7, 11) is 0. The first-order chi connectivity index (χ1) is 8.38. The van der Waals surface area contributed by atoms with Crippen molar-refractivity contribution >= 4 is 11.8 Å². The summed E-state index contributed by atoms with van der Waals surface area (Å²) in [6, 6.07) is 20.8. The van der Waals surface area contributed by atoms with Crippen LogP contribution in [0.1, 0.15) is 11.1 Å². The number of hydrogen-bond acceptors (Lipinski definition) is 2. The van der Waals surface area contributed by atoms with Crippen molar-refractivity contribution in [3.63, 3.8) is 0 Å². The highest BCUT2D eigenvalue weighted by atomic mass is 32.2. The lowest BCUT2D eigenvalue weighted by Gasteiger charge is -2.02. The van der Waals surface area contributed by atoms with E-state index in [1.807, 2.05) is 30.0 Å². The van der Waals surface area contributed by atoms with Gasteiger partial charge in [0, 0.05) is 10.6 Å². The predicted molar refractivity (Wildman–Crippen MR) is 71.8 cm³/mol. The molecule has 0 unspecified atom stereocenters. The third kappa shape index (κ3) is 3.65. The Morgan fingerprint density at radius 2 is 1.53 bits per heavy atom. The number of thioether (sulfide) groups is 1. The molecule has 0 saturated heterocycles. The van der Waals surface area contributed by atoms with E-state index in [1.54, 1.807) is 0 Å². The van der Waals surface area contributed by atoms with Crippen molar-refractivity contribution < 1.29 is 0 Å². The molecule has 0 N–H and O–H groups in total. The Hall–Kier alpha value is -1.72. The molecule has 84 valence electrons. The smallest absolute Gasteiger partial charge is 0.0669 e. The van der Waals surface area contributed by atoms with Gasteiger partial charge in [0.1, 0.15) is 0 Å². The molecule has 2 aromatic carbocycles. The van der Waals surface area contributed by atoms with Crippen LogP contribution >= 0.6 is 11.8 Å². The summed E-state index contributed by atoms with van der Waals surface area (Å²) >= 11 is 1.83. The van der Waals surface area contributed by atoms with Crippen molar-refractivity contribution in [3.8, 4) is 6.07 Å². The predicted octanol–water partition coefficient (Wildman–Crippen LogP) is 4.04. The SMILES string of the molecule is N#CCc1ccc(CSc2ccccc2)cc1. The quantitative estimate of drug-likeness (QED) is 0.752. The zero-order valence-electron chi connectivity index (χ0n) is 9.47.